The van der Waals surface area contributed by atoms with Crippen LogP contribution in [0.2, 0.25) is 0 Å². The quantitative estimate of drug-likeness (QED) is 0.866. The number of hydrogen-bond acceptors (Lipinski definition) is 4. The van der Waals surface area contributed by atoms with Gasteiger partial charge in [0.25, 0.3) is 0 Å². The molecule has 1 amide bonds. The predicted molar refractivity (Wildman–Crippen MR) is 77.4 cm³/mol. The number of carbonyl (C=O) groups is 1. The first-order chi connectivity index (χ1) is 9.61. The minimum Gasteiger partial charge on any atom is -0.325 e. The molecule has 6 nitrogen and oxygen atoms in total. The van der Waals surface area contributed by atoms with Crippen molar-refractivity contribution in [2.24, 2.45) is 11.7 Å². The van der Waals surface area contributed by atoms with E-state index in [4.69, 9.17) is 5.73 Å². The molecule has 0 aliphatic carbocycles. The van der Waals surface area contributed by atoms with Crippen molar-refractivity contribution in [3.8, 4) is 5.69 Å². The summed E-state index contributed by atoms with van der Waals surface area (Å²) in [7, 11) is 0. The van der Waals surface area contributed by atoms with E-state index in [0.717, 1.165) is 12.1 Å². The van der Waals surface area contributed by atoms with Gasteiger partial charge in [0, 0.05) is 5.69 Å². The molecule has 1 heterocycles. The number of nitrogens with two attached hydrogens (primary N) is 1. The van der Waals surface area contributed by atoms with Gasteiger partial charge in [0.05, 0.1) is 24.1 Å². The van der Waals surface area contributed by atoms with E-state index >= 15 is 0 Å². The van der Waals surface area contributed by atoms with E-state index in [1.54, 1.807) is 24.5 Å². The van der Waals surface area contributed by atoms with E-state index in [1.165, 1.54) is 4.80 Å². The molecule has 3 N–H and O–H groups in total. The Morgan fingerprint density at radius 2 is 1.90 bits per heavy atom. The Hall–Kier alpha value is -2.21. The molecule has 0 radical (unpaired) electrons. The molecule has 0 aliphatic heterocycles. The third-order valence-electron chi connectivity index (χ3n) is 3.34. The Labute approximate surface area is 118 Å². The molecule has 20 heavy (non-hydrogen) atoms. The molecule has 6 heteroatoms. The smallest absolute Gasteiger partial charge is 0.241 e. The van der Waals surface area contributed by atoms with Crippen LogP contribution < -0.4 is 11.1 Å². The van der Waals surface area contributed by atoms with E-state index < -0.39 is 6.04 Å². The average Bonchev–Trinajstić information content (AvgIpc) is 3.00. The predicted octanol–water partition coefficient (Wildman–Crippen LogP) is 1.58. The molecule has 2 atom stereocenters. The van der Waals surface area contributed by atoms with Crippen molar-refractivity contribution in [3.63, 3.8) is 0 Å². The third-order valence-corrected chi connectivity index (χ3v) is 3.34. The molecule has 0 saturated carbocycles. The highest BCUT2D eigenvalue weighted by atomic mass is 16.2. The molecule has 1 aromatic carbocycles. The second-order valence-electron chi connectivity index (χ2n) is 4.77. The van der Waals surface area contributed by atoms with Gasteiger partial charge in [0.2, 0.25) is 5.91 Å². The summed E-state index contributed by atoms with van der Waals surface area (Å²) < 4.78 is 0. The van der Waals surface area contributed by atoms with Crippen molar-refractivity contribution >= 4 is 11.6 Å². The second kappa shape index (κ2) is 6.29. The van der Waals surface area contributed by atoms with Gasteiger partial charge in [-0.05, 0) is 30.2 Å². The number of carbonyl (C=O) groups excluding carboxylic acids is 1. The lowest BCUT2D eigenvalue weighted by atomic mass is 9.99. The summed E-state index contributed by atoms with van der Waals surface area (Å²) in [5, 5.41) is 10.9. The van der Waals surface area contributed by atoms with Crippen LogP contribution in [0.1, 0.15) is 20.3 Å². The van der Waals surface area contributed by atoms with E-state index in [1.807, 2.05) is 26.0 Å². The van der Waals surface area contributed by atoms with Crippen molar-refractivity contribution in [2.75, 3.05) is 5.32 Å². The van der Waals surface area contributed by atoms with Crippen LogP contribution in [0.25, 0.3) is 5.69 Å². The van der Waals surface area contributed by atoms with Crippen LogP contribution in [0.15, 0.2) is 36.7 Å². The molecule has 106 valence electrons. The van der Waals surface area contributed by atoms with Gasteiger partial charge in [0.15, 0.2) is 0 Å². The molecule has 0 saturated heterocycles. The number of rotatable bonds is 5. The fourth-order valence-electron chi connectivity index (χ4n) is 1.77. The van der Waals surface area contributed by atoms with Crippen LogP contribution in [0.4, 0.5) is 5.69 Å². The zero-order valence-electron chi connectivity index (χ0n) is 11.7. The number of nitrogens with zero attached hydrogens (tertiary/aromatic N) is 3. The molecule has 0 aliphatic rings. The van der Waals surface area contributed by atoms with Crippen molar-refractivity contribution in [1.29, 1.82) is 0 Å². The van der Waals surface area contributed by atoms with Gasteiger partial charge in [-0.1, -0.05) is 20.3 Å². The highest BCUT2D eigenvalue weighted by Gasteiger charge is 2.19. The third kappa shape index (κ3) is 3.21. The lowest BCUT2D eigenvalue weighted by Crippen LogP contribution is -2.40. The zero-order valence-corrected chi connectivity index (χ0v) is 11.7. The molecule has 2 aromatic rings. The average molecular weight is 273 g/mol. The SMILES string of the molecule is CCC(C)C(N)C(=O)Nc1ccc(-n2nccn2)cc1. The Morgan fingerprint density at radius 1 is 1.30 bits per heavy atom. The first-order valence-electron chi connectivity index (χ1n) is 6.65. The van der Waals surface area contributed by atoms with Crippen LogP contribution in [0.3, 0.4) is 0 Å². The molecule has 0 bridgehead atoms. The van der Waals surface area contributed by atoms with Gasteiger partial charge < -0.3 is 11.1 Å². The van der Waals surface area contributed by atoms with Gasteiger partial charge in [-0.3, -0.25) is 4.79 Å². The fourth-order valence-corrected chi connectivity index (χ4v) is 1.77. The molecular formula is C14H19N5O. The van der Waals surface area contributed by atoms with Gasteiger partial charge in [-0.25, -0.2) is 0 Å². The maximum Gasteiger partial charge on any atom is 0.241 e. The molecular weight excluding hydrogens is 254 g/mol. The summed E-state index contributed by atoms with van der Waals surface area (Å²) in [5.41, 5.74) is 7.44. The van der Waals surface area contributed by atoms with Crippen molar-refractivity contribution in [1.82, 2.24) is 15.0 Å². The first kappa shape index (κ1) is 14.2. The van der Waals surface area contributed by atoms with E-state index in [0.29, 0.717) is 5.69 Å². The Morgan fingerprint density at radius 3 is 2.45 bits per heavy atom. The van der Waals surface area contributed by atoms with Gasteiger partial charge in [-0.15, -0.1) is 0 Å². The van der Waals surface area contributed by atoms with Crippen molar-refractivity contribution < 1.29 is 4.79 Å². The highest BCUT2D eigenvalue weighted by Crippen LogP contribution is 2.13. The van der Waals surface area contributed by atoms with Gasteiger partial charge in [0.1, 0.15) is 0 Å². The van der Waals surface area contributed by atoms with Gasteiger partial charge in [-0.2, -0.15) is 15.0 Å². The van der Waals surface area contributed by atoms with Crippen LogP contribution >= 0.6 is 0 Å². The fraction of sp³-hybridized carbons (Fsp3) is 0.357. The Kier molecular flexibility index (Phi) is 4.47. The van der Waals surface area contributed by atoms with E-state index in [2.05, 4.69) is 15.5 Å². The number of aromatic nitrogens is 3. The van der Waals surface area contributed by atoms with E-state index in [9.17, 15) is 4.79 Å². The number of hydrogen-bond donors (Lipinski definition) is 2. The van der Waals surface area contributed by atoms with Crippen LogP contribution in [0.5, 0.6) is 0 Å². The summed E-state index contributed by atoms with van der Waals surface area (Å²) in [5.74, 6) is -0.00754. The minimum absolute atomic E-state index is 0.155. The zero-order chi connectivity index (χ0) is 14.5. The number of benzene rings is 1. The largest absolute Gasteiger partial charge is 0.325 e. The summed E-state index contributed by atoms with van der Waals surface area (Å²) in [4.78, 5) is 13.5. The van der Waals surface area contributed by atoms with Crippen LogP contribution in [0, 0.1) is 5.92 Å². The van der Waals surface area contributed by atoms with Crippen molar-refractivity contribution in [3.05, 3.63) is 36.7 Å². The topological polar surface area (TPSA) is 85.8 Å². The molecule has 1 aromatic heterocycles. The molecule has 2 unspecified atom stereocenters. The second-order valence-corrected chi connectivity index (χ2v) is 4.77. The Balaban J connectivity index is 2.02. The maximum atomic E-state index is 12.0. The molecule has 0 fully saturated rings. The first-order valence-corrected chi connectivity index (χ1v) is 6.65. The maximum absolute atomic E-state index is 12.0. The van der Waals surface area contributed by atoms with Crippen LogP contribution in [-0.4, -0.2) is 26.9 Å². The normalized spacial score (nSPS) is 13.8. The monoisotopic (exact) mass is 273 g/mol. The number of anilines is 1. The molecule has 2 rings (SSSR count). The number of amides is 1. The lowest BCUT2D eigenvalue weighted by Gasteiger charge is -2.17. The summed E-state index contributed by atoms with van der Waals surface area (Å²) >= 11 is 0. The minimum atomic E-state index is -0.493. The standard InChI is InChI=1S/C14H19N5O/c1-3-10(2)13(15)14(20)18-11-4-6-12(7-5-11)19-16-8-9-17-19/h4-10,13H,3,15H2,1-2H3,(H,18,20). The van der Waals surface area contributed by atoms with Crippen LogP contribution in [-0.2, 0) is 4.79 Å². The number of nitrogens with one attached hydrogen (secondary N) is 1. The van der Waals surface area contributed by atoms with E-state index in [-0.39, 0.29) is 11.8 Å². The van der Waals surface area contributed by atoms with Crippen molar-refractivity contribution in [2.45, 2.75) is 26.3 Å². The summed E-state index contributed by atoms with van der Waals surface area (Å²) in [6.45, 7) is 3.99. The lowest BCUT2D eigenvalue weighted by molar-refractivity contribution is -0.118. The van der Waals surface area contributed by atoms with Gasteiger partial charge >= 0.3 is 0 Å². The summed E-state index contributed by atoms with van der Waals surface area (Å²) in [6.07, 6.45) is 4.10. The highest BCUT2D eigenvalue weighted by molar-refractivity contribution is 5.94. The summed E-state index contributed by atoms with van der Waals surface area (Å²) in [6, 6.07) is 6.79. The molecule has 0 spiro atoms. The Bertz CT molecular complexity index is 549.